The molecule has 1 aliphatic rings. The number of anilines is 1. The summed E-state index contributed by atoms with van der Waals surface area (Å²) in [5.41, 5.74) is 3.94. The summed E-state index contributed by atoms with van der Waals surface area (Å²) in [5.74, 6) is -0.159. The molecule has 1 amide bonds. The number of thiazole rings is 1. The lowest BCUT2D eigenvalue weighted by atomic mass is 9.96. The minimum atomic E-state index is -0.159. The number of hydrogen-bond acceptors (Lipinski definition) is 5. The topological polar surface area (TPSA) is 59.8 Å². The average molecular weight is 409 g/mol. The Morgan fingerprint density at radius 3 is 2.86 bits per heavy atom. The third kappa shape index (κ3) is 3.04. The quantitative estimate of drug-likeness (QED) is 0.494. The van der Waals surface area contributed by atoms with Gasteiger partial charge in [0.2, 0.25) is 0 Å². The van der Waals surface area contributed by atoms with E-state index in [1.54, 1.807) is 33.4 Å². The molecule has 0 bridgehead atoms. The number of rotatable bonds is 4. The van der Waals surface area contributed by atoms with Crippen molar-refractivity contribution in [2.75, 3.05) is 5.32 Å². The molecule has 1 N–H and O–H groups in total. The molecule has 3 aromatic heterocycles. The molecule has 0 unspecified atom stereocenters. The second kappa shape index (κ2) is 7.14. The van der Waals surface area contributed by atoms with E-state index in [9.17, 15) is 4.79 Å². The molecule has 5 rings (SSSR count). The van der Waals surface area contributed by atoms with E-state index in [0.717, 1.165) is 40.5 Å². The van der Waals surface area contributed by atoms with Crippen molar-refractivity contribution in [3.8, 4) is 10.6 Å². The second-order valence-corrected chi connectivity index (χ2v) is 9.05. The van der Waals surface area contributed by atoms with Gasteiger partial charge in [-0.2, -0.15) is 5.10 Å². The first-order valence-corrected chi connectivity index (χ1v) is 11.2. The molecule has 28 heavy (non-hydrogen) atoms. The van der Waals surface area contributed by atoms with Gasteiger partial charge in [0.05, 0.1) is 10.2 Å². The molecule has 7 heteroatoms. The lowest BCUT2D eigenvalue weighted by Crippen LogP contribution is -2.13. The van der Waals surface area contributed by atoms with Crippen LogP contribution in [0.15, 0.2) is 36.5 Å². The fraction of sp³-hybridized carbons (Fsp3) is 0.286. The van der Waals surface area contributed by atoms with Gasteiger partial charge < -0.3 is 5.32 Å². The number of fused-ring (bicyclic) bond motifs is 2. The number of nitrogens with one attached hydrogen (secondary N) is 1. The first-order valence-electron chi connectivity index (χ1n) is 9.58. The Bertz CT molecular complexity index is 1140. The Labute approximate surface area is 171 Å². The van der Waals surface area contributed by atoms with E-state index >= 15 is 0 Å². The van der Waals surface area contributed by atoms with Crippen molar-refractivity contribution in [3.05, 3.63) is 52.7 Å². The van der Waals surface area contributed by atoms with Crippen LogP contribution in [0.3, 0.4) is 0 Å². The van der Waals surface area contributed by atoms with Gasteiger partial charge in [-0.15, -0.1) is 22.7 Å². The smallest absolute Gasteiger partial charge is 0.276 e. The molecule has 1 aliphatic carbocycles. The molecule has 0 aliphatic heterocycles. The maximum atomic E-state index is 12.8. The second-order valence-electron chi connectivity index (χ2n) is 6.91. The highest BCUT2D eigenvalue weighted by atomic mass is 32.1. The van der Waals surface area contributed by atoms with Gasteiger partial charge in [0.25, 0.3) is 5.91 Å². The lowest BCUT2D eigenvalue weighted by molar-refractivity contribution is 0.102. The van der Waals surface area contributed by atoms with Crippen LogP contribution in [-0.2, 0) is 19.4 Å². The van der Waals surface area contributed by atoms with Crippen LogP contribution in [0, 0.1) is 0 Å². The fourth-order valence-electron chi connectivity index (χ4n) is 3.69. The molecule has 5 nitrogen and oxygen atoms in total. The summed E-state index contributed by atoms with van der Waals surface area (Å²) in [6.07, 6.45) is 6.37. The number of hydrogen-bond donors (Lipinski definition) is 1. The van der Waals surface area contributed by atoms with Crippen molar-refractivity contribution in [2.24, 2.45) is 0 Å². The van der Waals surface area contributed by atoms with E-state index in [2.05, 4.69) is 16.5 Å². The zero-order valence-electron chi connectivity index (χ0n) is 15.6. The minimum absolute atomic E-state index is 0.159. The van der Waals surface area contributed by atoms with Crippen LogP contribution in [0.4, 0.5) is 5.00 Å². The normalized spacial score (nSPS) is 13.6. The molecule has 4 aromatic rings. The Morgan fingerprint density at radius 1 is 1.18 bits per heavy atom. The number of aromatic nitrogens is 3. The summed E-state index contributed by atoms with van der Waals surface area (Å²) < 4.78 is 2.94. The number of aryl methyl sites for hydroxylation is 2. The Hall–Kier alpha value is -2.51. The zero-order valence-corrected chi connectivity index (χ0v) is 17.2. The number of carbonyl (C=O) groups excluding carboxylic acids is 1. The van der Waals surface area contributed by atoms with Crippen molar-refractivity contribution in [1.82, 2.24) is 14.8 Å². The van der Waals surface area contributed by atoms with Crippen molar-refractivity contribution in [3.63, 3.8) is 0 Å². The summed E-state index contributed by atoms with van der Waals surface area (Å²) in [4.78, 5) is 19.1. The zero-order chi connectivity index (χ0) is 19.1. The molecular formula is C21H20N4OS2. The van der Waals surface area contributed by atoms with Crippen LogP contribution >= 0.6 is 22.7 Å². The molecule has 1 aromatic carbocycles. The molecule has 142 valence electrons. The minimum Gasteiger partial charge on any atom is -0.312 e. The van der Waals surface area contributed by atoms with Crippen molar-refractivity contribution in [2.45, 2.75) is 39.2 Å². The van der Waals surface area contributed by atoms with Crippen LogP contribution in [-0.4, -0.2) is 20.7 Å². The van der Waals surface area contributed by atoms with Gasteiger partial charge in [-0.1, -0.05) is 12.1 Å². The summed E-state index contributed by atoms with van der Waals surface area (Å²) in [5, 5.41) is 9.37. The number of amides is 1. The molecule has 0 spiro atoms. The number of benzene rings is 1. The van der Waals surface area contributed by atoms with Crippen molar-refractivity contribution < 1.29 is 4.79 Å². The van der Waals surface area contributed by atoms with Gasteiger partial charge in [0.1, 0.15) is 10.0 Å². The van der Waals surface area contributed by atoms with Crippen LogP contribution in [0.25, 0.3) is 20.8 Å². The molecule has 0 saturated carbocycles. The summed E-state index contributed by atoms with van der Waals surface area (Å²) in [6.45, 7) is 2.75. The van der Waals surface area contributed by atoms with E-state index in [0.29, 0.717) is 5.69 Å². The first kappa shape index (κ1) is 17.6. The molecular weight excluding hydrogens is 388 g/mol. The van der Waals surface area contributed by atoms with Gasteiger partial charge in [-0.3, -0.25) is 9.48 Å². The predicted molar refractivity (Wildman–Crippen MR) is 115 cm³/mol. The maximum Gasteiger partial charge on any atom is 0.276 e. The van der Waals surface area contributed by atoms with Crippen LogP contribution < -0.4 is 5.32 Å². The van der Waals surface area contributed by atoms with Gasteiger partial charge in [-0.25, -0.2) is 4.98 Å². The van der Waals surface area contributed by atoms with E-state index < -0.39 is 0 Å². The fourth-order valence-corrected chi connectivity index (χ4v) is 6.08. The van der Waals surface area contributed by atoms with Gasteiger partial charge in [-0.05, 0) is 56.4 Å². The van der Waals surface area contributed by atoms with E-state index in [1.807, 2.05) is 31.3 Å². The largest absolute Gasteiger partial charge is 0.312 e. The Morgan fingerprint density at radius 2 is 2.04 bits per heavy atom. The third-order valence-electron chi connectivity index (χ3n) is 5.10. The van der Waals surface area contributed by atoms with Crippen molar-refractivity contribution in [1.29, 1.82) is 0 Å². The standard InChI is InChI=1S/C21H20N4OS2/c1-2-25-12-11-15(24-25)19(26)23-21-18(13-7-3-5-9-16(13)27-21)20-22-14-8-4-6-10-17(14)28-20/h4,6,8,10-12H,2-3,5,7,9H2,1H3,(H,23,26). The third-order valence-corrected chi connectivity index (χ3v) is 7.36. The molecule has 0 atom stereocenters. The number of nitrogens with zero attached hydrogens (tertiary/aromatic N) is 3. The van der Waals surface area contributed by atoms with Crippen LogP contribution in [0.2, 0.25) is 0 Å². The van der Waals surface area contributed by atoms with E-state index in [4.69, 9.17) is 4.98 Å². The van der Waals surface area contributed by atoms with Crippen molar-refractivity contribution >= 4 is 43.8 Å². The molecule has 0 fully saturated rings. The highest BCUT2D eigenvalue weighted by molar-refractivity contribution is 7.22. The van der Waals surface area contributed by atoms with E-state index in [1.165, 1.54) is 28.0 Å². The summed E-state index contributed by atoms with van der Waals surface area (Å²) >= 11 is 3.40. The predicted octanol–water partition coefficient (Wildman–Crippen LogP) is 5.37. The van der Waals surface area contributed by atoms with Crippen LogP contribution in [0.1, 0.15) is 40.7 Å². The SMILES string of the molecule is CCn1ccc(C(=O)Nc2sc3c(c2-c2nc4ccccc4s2)CCCC3)n1. The average Bonchev–Trinajstić information content (AvgIpc) is 3.43. The number of carbonyl (C=O) groups is 1. The maximum absolute atomic E-state index is 12.8. The Kier molecular flexibility index (Phi) is 4.49. The monoisotopic (exact) mass is 408 g/mol. The summed E-state index contributed by atoms with van der Waals surface area (Å²) in [7, 11) is 0. The van der Waals surface area contributed by atoms with Crippen LogP contribution in [0.5, 0.6) is 0 Å². The highest BCUT2D eigenvalue weighted by Gasteiger charge is 2.25. The molecule has 0 saturated heterocycles. The highest BCUT2D eigenvalue weighted by Crippen LogP contribution is 2.46. The number of thiophene rings is 1. The number of para-hydroxylation sites is 1. The van der Waals surface area contributed by atoms with E-state index in [-0.39, 0.29) is 5.91 Å². The summed E-state index contributed by atoms with van der Waals surface area (Å²) in [6, 6.07) is 9.97. The lowest BCUT2D eigenvalue weighted by Gasteiger charge is -2.11. The first-order chi connectivity index (χ1) is 13.7. The van der Waals surface area contributed by atoms with Gasteiger partial charge >= 0.3 is 0 Å². The molecule has 3 heterocycles. The molecule has 0 radical (unpaired) electrons. The Balaban J connectivity index is 1.57. The van der Waals surface area contributed by atoms with Gasteiger partial charge in [0.15, 0.2) is 5.69 Å². The van der Waals surface area contributed by atoms with Gasteiger partial charge in [0, 0.05) is 23.2 Å².